The van der Waals surface area contributed by atoms with Crippen LogP contribution in [0.2, 0.25) is 0 Å². The molecule has 2 heteroatoms. The molecule has 0 aromatic heterocycles. The highest BCUT2D eigenvalue weighted by Gasteiger charge is 1.96. The molecular formula is C17H27NO. The Balaban J connectivity index is 0.00000154. The molecule has 0 aliphatic heterocycles. The van der Waals surface area contributed by atoms with E-state index in [-0.39, 0.29) is 0 Å². The van der Waals surface area contributed by atoms with E-state index < -0.39 is 0 Å². The molecule has 0 saturated carbocycles. The number of ether oxygens (including phenoxy) is 1. The molecule has 0 aliphatic carbocycles. The van der Waals surface area contributed by atoms with Crippen molar-refractivity contribution >= 4 is 5.71 Å². The molecule has 0 spiro atoms. The first kappa shape index (κ1) is 17.4. The van der Waals surface area contributed by atoms with Gasteiger partial charge in [0.25, 0.3) is 0 Å². The first-order chi connectivity index (χ1) is 9.26. The zero-order valence-electron chi connectivity index (χ0n) is 12.8. The molecule has 1 aromatic rings. The van der Waals surface area contributed by atoms with Crippen LogP contribution in [0, 0.1) is 6.92 Å². The third kappa shape index (κ3) is 8.20. The van der Waals surface area contributed by atoms with Gasteiger partial charge in [0.15, 0.2) is 0 Å². The van der Waals surface area contributed by atoms with Crippen LogP contribution >= 0.6 is 0 Å². The van der Waals surface area contributed by atoms with Crippen LogP contribution < -0.4 is 4.74 Å². The number of aryl methyl sites for hydroxylation is 1. The topological polar surface area (TPSA) is 21.6 Å². The number of nitrogens with zero attached hydrogens (tertiary/aromatic N) is 1. The van der Waals surface area contributed by atoms with E-state index in [0.29, 0.717) is 0 Å². The van der Waals surface area contributed by atoms with Crippen LogP contribution in [0.5, 0.6) is 5.75 Å². The lowest BCUT2D eigenvalue weighted by molar-refractivity contribution is 0.313. The van der Waals surface area contributed by atoms with Crippen LogP contribution in [0.3, 0.4) is 0 Å². The van der Waals surface area contributed by atoms with E-state index in [1.54, 1.807) is 0 Å². The minimum absolute atomic E-state index is 0.722. The normalized spacial score (nSPS) is 10.4. The molecule has 0 bridgehead atoms. The maximum absolute atomic E-state index is 5.64. The van der Waals surface area contributed by atoms with Gasteiger partial charge in [0.1, 0.15) is 5.75 Å². The van der Waals surface area contributed by atoms with Crippen LogP contribution in [0.25, 0.3) is 0 Å². The van der Waals surface area contributed by atoms with Crippen LogP contribution in [0.15, 0.2) is 41.9 Å². The van der Waals surface area contributed by atoms with Crippen LogP contribution in [0.4, 0.5) is 0 Å². The van der Waals surface area contributed by atoms with Gasteiger partial charge in [-0.1, -0.05) is 38.1 Å². The Kier molecular flexibility index (Phi) is 10.6. The van der Waals surface area contributed by atoms with E-state index in [1.165, 1.54) is 5.56 Å². The number of aliphatic imine (C=N–C) groups is 1. The molecule has 1 rings (SSSR count). The Labute approximate surface area is 118 Å². The number of rotatable bonds is 7. The van der Waals surface area contributed by atoms with Gasteiger partial charge in [0, 0.05) is 12.3 Å². The van der Waals surface area contributed by atoms with Gasteiger partial charge in [-0.3, -0.25) is 4.99 Å². The fourth-order valence-corrected chi connectivity index (χ4v) is 1.53. The second kappa shape index (κ2) is 11.5. The molecular weight excluding hydrogens is 234 g/mol. The lowest BCUT2D eigenvalue weighted by Crippen LogP contribution is -2.02. The molecule has 19 heavy (non-hydrogen) atoms. The smallest absolute Gasteiger partial charge is 0.119 e. The predicted octanol–water partition coefficient (Wildman–Crippen LogP) is 4.83. The van der Waals surface area contributed by atoms with Gasteiger partial charge >= 0.3 is 0 Å². The second-order valence-electron chi connectivity index (χ2n) is 3.93. The van der Waals surface area contributed by atoms with Crippen molar-refractivity contribution in [1.29, 1.82) is 0 Å². The van der Waals surface area contributed by atoms with E-state index in [0.717, 1.165) is 37.5 Å². The summed E-state index contributed by atoms with van der Waals surface area (Å²) < 4.78 is 5.64. The molecule has 0 amide bonds. The third-order valence-electron chi connectivity index (χ3n) is 2.46. The van der Waals surface area contributed by atoms with Gasteiger partial charge in [-0.15, -0.1) is 0 Å². The Morgan fingerprint density at radius 1 is 1.26 bits per heavy atom. The van der Waals surface area contributed by atoms with Gasteiger partial charge in [0.05, 0.1) is 6.61 Å². The standard InChI is InChI=1S/C15H21NO.C2H6/c1-4-14(16-5-2)7-6-12-17-15-10-8-13(3)9-11-15;1-2/h4,8-11H,1,5-7,12H2,2-3H3;1-2H3. The van der Waals surface area contributed by atoms with E-state index in [1.807, 2.05) is 39.0 Å². The Hall–Kier alpha value is -1.57. The summed E-state index contributed by atoms with van der Waals surface area (Å²) in [5.74, 6) is 0.934. The summed E-state index contributed by atoms with van der Waals surface area (Å²) in [7, 11) is 0. The molecule has 106 valence electrons. The number of hydrogen-bond donors (Lipinski definition) is 0. The molecule has 0 aliphatic rings. The van der Waals surface area contributed by atoms with Gasteiger partial charge in [-0.2, -0.15) is 0 Å². The zero-order chi connectivity index (χ0) is 14.5. The first-order valence-electron chi connectivity index (χ1n) is 7.11. The molecule has 2 nitrogen and oxygen atoms in total. The van der Waals surface area contributed by atoms with Crippen molar-refractivity contribution in [2.24, 2.45) is 4.99 Å². The molecule has 0 N–H and O–H groups in total. The van der Waals surface area contributed by atoms with Crippen molar-refractivity contribution in [3.8, 4) is 5.75 Å². The van der Waals surface area contributed by atoms with Crippen molar-refractivity contribution in [3.05, 3.63) is 42.5 Å². The lowest BCUT2D eigenvalue weighted by atomic mass is 10.2. The van der Waals surface area contributed by atoms with Gasteiger partial charge in [-0.05, 0) is 44.9 Å². The van der Waals surface area contributed by atoms with Gasteiger partial charge in [-0.25, -0.2) is 0 Å². The van der Waals surface area contributed by atoms with E-state index in [2.05, 4.69) is 30.6 Å². The maximum Gasteiger partial charge on any atom is 0.119 e. The SMILES string of the molecule is C=CC(CCCOc1ccc(C)cc1)=NCC.CC. The molecule has 0 heterocycles. The summed E-state index contributed by atoms with van der Waals surface area (Å²) in [6.07, 6.45) is 3.73. The van der Waals surface area contributed by atoms with Crippen molar-refractivity contribution in [2.45, 2.75) is 40.5 Å². The molecule has 0 fully saturated rings. The minimum atomic E-state index is 0.722. The molecule has 0 saturated heterocycles. The Morgan fingerprint density at radius 2 is 1.89 bits per heavy atom. The number of allylic oxidation sites excluding steroid dienone is 1. The quantitative estimate of drug-likeness (QED) is 0.509. The third-order valence-corrected chi connectivity index (χ3v) is 2.46. The first-order valence-corrected chi connectivity index (χ1v) is 7.11. The Bertz CT molecular complexity index is 365. The van der Waals surface area contributed by atoms with Crippen LogP contribution in [-0.2, 0) is 0 Å². The van der Waals surface area contributed by atoms with E-state index in [9.17, 15) is 0 Å². The highest BCUT2D eigenvalue weighted by atomic mass is 16.5. The van der Waals surface area contributed by atoms with Crippen LogP contribution in [-0.4, -0.2) is 18.9 Å². The highest BCUT2D eigenvalue weighted by molar-refractivity contribution is 5.94. The van der Waals surface area contributed by atoms with Crippen LogP contribution in [0.1, 0.15) is 39.2 Å². The summed E-state index contributed by atoms with van der Waals surface area (Å²) >= 11 is 0. The summed E-state index contributed by atoms with van der Waals surface area (Å²) in [5, 5.41) is 0. The maximum atomic E-state index is 5.64. The predicted molar refractivity (Wildman–Crippen MR) is 85.4 cm³/mol. The van der Waals surface area contributed by atoms with E-state index >= 15 is 0 Å². The number of benzene rings is 1. The van der Waals surface area contributed by atoms with E-state index in [4.69, 9.17) is 4.74 Å². The minimum Gasteiger partial charge on any atom is -0.494 e. The molecule has 0 unspecified atom stereocenters. The zero-order valence-corrected chi connectivity index (χ0v) is 12.8. The highest BCUT2D eigenvalue weighted by Crippen LogP contribution is 2.11. The summed E-state index contributed by atoms with van der Waals surface area (Å²) in [6.45, 7) is 13.4. The average molecular weight is 261 g/mol. The summed E-state index contributed by atoms with van der Waals surface area (Å²) in [6, 6.07) is 8.12. The fourth-order valence-electron chi connectivity index (χ4n) is 1.53. The Morgan fingerprint density at radius 3 is 2.42 bits per heavy atom. The van der Waals surface area contributed by atoms with Crippen molar-refractivity contribution < 1.29 is 4.74 Å². The molecule has 0 atom stereocenters. The van der Waals surface area contributed by atoms with Gasteiger partial charge in [0.2, 0.25) is 0 Å². The van der Waals surface area contributed by atoms with Crippen molar-refractivity contribution in [1.82, 2.24) is 0 Å². The summed E-state index contributed by atoms with van der Waals surface area (Å²) in [5.41, 5.74) is 2.32. The lowest BCUT2D eigenvalue weighted by Gasteiger charge is -2.06. The molecule has 1 aromatic carbocycles. The van der Waals surface area contributed by atoms with Gasteiger partial charge < -0.3 is 4.74 Å². The van der Waals surface area contributed by atoms with Crippen molar-refractivity contribution in [2.75, 3.05) is 13.2 Å². The average Bonchev–Trinajstić information content (AvgIpc) is 2.46. The number of hydrogen-bond acceptors (Lipinski definition) is 2. The monoisotopic (exact) mass is 261 g/mol. The second-order valence-corrected chi connectivity index (χ2v) is 3.93. The summed E-state index contributed by atoms with van der Waals surface area (Å²) in [4.78, 5) is 4.34. The largest absolute Gasteiger partial charge is 0.494 e. The fraction of sp³-hybridized carbons (Fsp3) is 0.471. The molecule has 0 radical (unpaired) electrons. The van der Waals surface area contributed by atoms with Crippen molar-refractivity contribution in [3.63, 3.8) is 0 Å².